The Morgan fingerprint density at radius 2 is 1.49 bits per heavy atom. The first-order valence-corrected chi connectivity index (χ1v) is 12.9. The molecule has 0 saturated heterocycles. The van der Waals surface area contributed by atoms with Crippen molar-refractivity contribution in [3.63, 3.8) is 0 Å². The Morgan fingerprint density at radius 1 is 0.846 bits per heavy atom. The number of nitrogens with zero attached hydrogens (tertiary/aromatic N) is 4. The topological polar surface area (TPSA) is 109 Å². The summed E-state index contributed by atoms with van der Waals surface area (Å²) >= 11 is 1.26. The van der Waals surface area contributed by atoms with Crippen molar-refractivity contribution in [1.82, 2.24) is 20.2 Å². The van der Waals surface area contributed by atoms with Crippen LogP contribution in [0, 0.1) is 0 Å². The Hall–Kier alpha value is -4.51. The van der Waals surface area contributed by atoms with Crippen LogP contribution in [0.25, 0.3) is 17.1 Å². The molecule has 4 rings (SSSR count). The number of aromatic nitrogens is 3. The molecule has 0 bridgehead atoms. The van der Waals surface area contributed by atoms with Crippen LogP contribution in [0.15, 0.2) is 77.0 Å². The van der Waals surface area contributed by atoms with Gasteiger partial charge in [-0.1, -0.05) is 11.8 Å². The molecule has 10 nitrogen and oxygen atoms in total. The third-order valence-electron chi connectivity index (χ3n) is 5.79. The minimum absolute atomic E-state index is 0.0830. The number of hydrogen-bond donors (Lipinski definition) is 1. The largest absolute Gasteiger partial charge is 0.497 e. The predicted molar refractivity (Wildman–Crippen MR) is 151 cm³/mol. The first kappa shape index (κ1) is 27.5. The zero-order valence-corrected chi connectivity index (χ0v) is 23.1. The van der Waals surface area contributed by atoms with E-state index in [0.29, 0.717) is 28.2 Å². The van der Waals surface area contributed by atoms with Crippen LogP contribution in [0.2, 0.25) is 0 Å². The van der Waals surface area contributed by atoms with E-state index in [0.717, 1.165) is 28.3 Å². The number of hydrogen-bond acceptors (Lipinski definition) is 9. The predicted octanol–water partition coefficient (Wildman–Crippen LogP) is 4.60. The molecule has 39 heavy (non-hydrogen) atoms. The van der Waals surface area contributed by atoms with Crippen LogP contribution < -0.4 is 24.4 Å². The highest BCUT2D eigenvalue weighted by atomic mass is 32.2. The third-order valence-corrected chi connectivity index (χ3v) is 6.72. The summed E-state index contributed by atoms with van der Waals surface area (Å²) in [7, 11) is 6.38. The molecule has 202 valence electrons. The first-order valence-electron chi connectivity index (χ1n) is 11.9. The van der Waals surface area contributed by atoms with Gasteiger partial charge in [-0.3, -0.25) is 9.36 Å². The normalized spacial score (nSPS) is 11.2. The van der Waals surface area contributed by atoms with Gasteiger partial charge in [-0.15, -0.1) is 10.2 Å². The van der Waals surface area contributed by atoms with Gasteiger partial charge in [0.25, 0.3) is 5.91 Å². The molecule has 3 aromatic carbocycles. The van der Waals surface area contributed by atoms with Crippen LogP contribution in [0.1, 0.15) is 12.5 Å². The van der Waals surface area contributed by atoms with Crippen LogP contribution in [-0.2, 0) is 4.79 Å². The number of nitrogens with one attached hydrogen (secondary N) is 1. The molecule has 1 aromatic heterocycles. The molecule has 0 saturated carbocycles. The second-order valence-electron chi connectivity index (χ2n) is 8.16. The molecule has 0 fully saturated rings. The van der Waals surface area contributed by atoms with Gasteiger partial charge in [0.05, 0.1) is 39.9 Å². The maximum Gasteiger partial charge on any atom is 0.250 e. The fraction of sp³-hybridized carbons (Fsp3) is 0.214. The van der Waals surface area contributed by atoms with Crippen LogP contribution in [0.4, 0.5) is 0 Å². The number of thioether (sulfide) groups is 1. The summed E-state index contributed by atoms with van der Waals surface area (Å²) < 4.78 is 23.1. The molecule has 0 atom stereocenters. The smallest absolute Gasteiger partial charge is 0.250 e. The minimum Gasteiger partial charge on any atom is -0.497 e. The molecule has 0 spiro atoms. The Balaban J connectivity index is 1.52. The highest BCUT2D eigenvalue weighted by Gasteiger charge is 2.18. The third kappa shape index (κ3) is 6.50. The van der Waals surface area contributed by atoms with Crippen molar-refractivity contribution in [1.29, 1.82) is 0 Å². The molecule has 1 heterocycles. The number of benzene rings is 3. The van der Waals surface area contributed by atoms with Gasteiger partial charge in [-0.05, 0) is 73.7 Å². The summed E-state index contributed by atoms with van der Waals surface area (Å²) in [5.74, 6) is 3.10. The summed E-state index contributed by atoms with van der Waals surface area (Å²) in [5, 5.41) is 13.6. The summed E-state index contributed by atoms with van der Waals surface area (Å²) in [5.41, 5.74) is 5.71. The fourth-order valence-corrected chi connectivity index (χ4v) is 4.43. The molecular formula is C28H29N5O5S. The minimum atomic E-state index is -0.282. The van der Waals surface area contributed by atoms with E-state index in [1.54, 1.807) is 47.5 Å². The molecule has 1 amide bonds. The Labute approximate surface area is 231 Å². The van der Waals surface area contributed by atoms with E-state index in [1.807, 2.05) is 59.2 Å². The lowest BCUT2D eigenvalue weighted by Crippen LogP contribution is -2.21. The van der Waals surface area contributed by atoms with Crippen molar-refractivity contribution in [3.05, 3.63) is 72.3 Å². The number of carbonyl (C=O) groups is 1. The Kier molecular flexibility index (Phi) is 9.06. The monoisotopic (exact) mass is 547 g/mol. The average Bonchev–Trinajstić information content (AvgIpc) is 3.42. The highest BCUT2D eigenvalue weighted by Crippen LogP contribution is 2.30. The highest BCUT2D eigenvalue weighted by molar-refractivity contribution is 7.99. The number of ether oxygens (including phenoxy) is 4. The van der Waals surface area contributed by atoms with Gasteiger partial charge in [0.15, 0.2) is 22.5 Å². The zero-order valence-electron chi connectivity index (χ0n) is 22.3. The fourth-order valence-electron chi connectivity index (χ4n) is 3.69. The SMILES string of the molecule is COc1ccc(-c2nnc(SCC(=O)N/N=C(\C)c3ccc(OC)c(OC)c3)n2-c2ccc(OC)cc2)cc1. The number of hydrazone groups is 1. The second-order valence-corrected chi connectivity index (χ2v) is 9.10. The van der Waals surface area contributed by atoms with Crippen LogP contribution >= 0.6 is 11.8 Å². The second kappa shape index (κ2) is 12.8. The molecule has 0 aliphatic rings. The van der Waals surface area contributed by atoms with Crippen LogP contribution in [0.5, 0.6) is 23.0 Å². The number of carbonyl (C=O) groups excluding carboxylic acids is 1. The lowest BCUT2D eigenvalue weighted by molar-refractivity contribution is -0.118. The van der Waals surface area contributed by atoms with E-state index in [4.69, 9.17) is 18.9 Å². The van der Waals surface area contributed by atoms with Crippen molar-refractivity contribution >= 4 is 23.4 Å². The number of amides is 1. The first-order chi connectivity index (χ1) is 19.0. The molecule has 0 aliphatic carbocycles. The molecule has 1 N–H and O–H groups in total. The summed E-state index contributed by atoms with van der Waals surface area (Å²) in [4.78, 5) is 12.7. The van der Waals surface area contributed by atoms with Crippen molar-refractivity contribution < 1.29 is 23.7 Å². The van der Waals surface area contributed by atoms with E-state index in [2.05, 4.69) is 20.7 Å². The van der Waals surface area contributed by atoms with Gasteiger partial charge in [-0.2, -0.15) is 5.10 Å². The van der Waals surface area contributed by atoms with Gasteiger partial charge < -0.3 is 18.9 Å². The lowest BCUT2D eigenvalue weighted by Gasteiger charge is -2.11. The quantitative estimate of drug-likeness (QED) is 0.165. The van der Waals surface area contributed by atoms with Gasteiger partial charge >= 0.3 is 0 Å². The molecule has 11 heteroatoms. The summed E-state index contributed by atoms with van der Waals surface area (Å²) in [6, 6.07) is 20.5. The standard InChI is InChI=1S/C28H29N5O5S/c1-18(20-8-15-24(37-4)25(16-20)38-5)29-30-26(34)17-39-28-32-31-27(19-6-11-22(35-2)12-7-19)33(28)21-9-13-23(36-3)14-10-21/h6-16H,17H2,1-5H3,(H,30,34)/b29-18+. The van der Waals surface area contributed by atoms with Crippen molar-refractivity contribution in [2.24, 2.45) is 5.10 Å². The molecule has 0 aliphatic heterocycles. The number of methoxy groups -OCH3 is 4. The van der Waals surface area contributed by atoms with E-state index in [1.165, 1.54) is 11.8 Å². The van der Waals surface area contributed by atoms with E-state index >= 15 is 0 Å². The molecule has 4 aromatic rings. The van der Waals surface area contributed by atoms with Gasteiger partial charge in [0.1, 0.15) is 11.5 Å². The van der Waals surface area contributed by atoms with Crippen LogP contribution in [-0.4, -0.2) is 60.6 Å². The van der Waals surface area contributed by atoms with Gasteiger partial charge in [0, 0.05) is 16.8 Å². The van der Waals surface area contributed by atoms with Crippen molar-refractivity contribution in [2.45, 2.75) is 12.1 Å². The lowest BCUT2D eigenvalue weighted by atomic mass is 10.1. The van der Waals surface area contributed by atoms with Crippen molar-refractivity contribution in [2.75, 3.05) is 34.2 Å². The van der Waals surface area contributed by atoms with Gasteiger partial charge in [-0.25, -0.2) is 5.43 Å². The maximum atomic E-state index is 12.7. The van der Waals surface area contributed by atoms with E-state index in [-0.39, 0.29) is 11.7 Å². The Bertz CT molecular complexity index is 1450. The van der Waals surface area contributed by atoms with Crippen molar-refractivity contribution in [3.8, 4) is 40.1 Å². The maximum absolute atomic E-state index is 12.7. The van der Waals surface area contributed by atoms with Gasteiger partial charge in [0.2, 0.25) is 0 Å². The van der Waals surface area contributed by atoms with E-state index < -0.39 is 0 Å². The summed E-state index contributed by atoms with van der Waals surface area (Å²) in [6.07, 6.45) is 0. The summed E-state index contributed by atoms with van der Waals surface area (Å²) in [6.45, 7) is 1.80. The Morgan fingerprint density at radius 3 is 2.10 bits per heavy atom. The average molecular weight is 548 g/mol. The van der Waals surface area contributed by atoms with Crippen LogP contribution in [0.3, 0.4) is 0 Å². The molecule has 0 radical (unpaired) electrons. The van der Waals surface area contributed by atoms with E-state index in [9.17, 15) is 4.79 Å². The zero-order chi connectivity index (χ0) is 27.8. The number of rotatable bonds is 11. The molecule has 0 unspecified atom stereocenters. The molecular weight excluding hydrogens is 518 g/mol.